The van der Waals surface area contributed by atoms with E-state index in [0.29, 0.717) is 0 Å². The molecule has 1 fully saturated rings. The van der Waals surface area contributed by atoms with Gasteiger partial charge in [0.1, 0.15) is 5.75 Å². The molecule has 0 bridgehead atoms. The Kier molecular flexibility index (Phi) is 6.15. The molecule has 1 heterocycles. The predicted molar refractivity (Wildman–Crippen MR) is 98.9 cm³/mol. The van der Waals surface area contributed by atoms with Crippen LogP contribution in [-0.4, -0.2) is 49.6 Å². The van der Waals surface area contributed by atoms with Gasteiger partial charge in [0.05, 0.1) is 7.11 Å². The number of halogens is 1. The first-order valence-electron chi connectivity index (χ1n) is 8.66. The Labute approximate surface area is 148 Å². The molecule has 23 heavy (non-hydrogen) atoms. The zero-order valence-electron chi connectivity index (χ0n) is 14.0. The number of nitrogens with zero attached hydrogens (tertiary/aromatic N) is 2. The average molecular weight is 379 g/mol. The highest BCUT2D eigenvalue weighted by atomic mass is 79.9. The molecule has 1 aromatic rings. The Morgan fingerprint density at radius 3 is 2.61 bits per heavy atom. The number of allylic oxidation sites excluding steroid dienone is 2. The van der Waals surface area contributed by atoms with Crippen LogP contribution in [0.1, 0.15) is 24.8 Å². The molecule has 1 aliphatic carbocycles. The first-order valence-corrected chi connectivity index (χ1v) is 9.46. The molecule has 1 unspecified atom stereocenters. The lowest BCUT2D eigenvalue weighted by Gasteiger charge is -2.37. The first-order chi connectivity index (χ1) is 11.2. The van der Waals surface area contributed by atoms with Crippen molar-refractivity contribution in [3.8, 4) is 5.75 Å². The zero-order chi connectivity index (χ0) is 16.1. The van der Waals surface area contributed by atoms with E-state index in [1.54, 1.807) is 7.11 Å². The predicted octanol–water partition coefficient (Wildman–Crippen LogP) is 3.93. The largest absolute Gasteiger partial charge is 0.496 e. The Bertz CT molecular complexity index is 538. The highest BCUT2D eigenvalue weighted by Gasteiger charge is 2.21. The summed E-state index contributed by atoms with van der Waals surface area (Å²) >= 11 is 3.57. The van der Waals surface area contributed by atoms with Crippen molar-refractivity contribution in [1.29, 1.82) is 0 Å². The zero-order valence-corrected chi connectivity index (χ0v) is 15.6. The lowest BCUT2D eigenvalue weighted by atomic mass is 9.94. The quantitative estimate of drug-likeness (QED) is 0.721. The normalized spacial score (nSPS) is 23.1. The van der Waals surface area contributed by atoms with Crippen molar-refractivity contribution in [2.45, 2.75) is 25.8 Å². The van der Waals surface area contributed by atoms with Crippen LogP contribution in [0.15, 0.2) is 34.8 Å². The van der Waals surface area contributed by atoms with E-state index in [0.717, 1.165) is 35.8 Å². The van der Waals surface area contributed by atoms with Crippen molar-refractivity contribution in [3.63, 3.8) is 0 Å². The number of rotatable bonds is 5. The van der Waals surface area contributed by atoms with Crippen LogP contribution in [0.25, 0.3) is 0 Å². The molecule has 3 rings (SSSR count). The molecule has 2 aliphatic rings. The summed E-state index contributed by atoms with van der Waals surface area (Å²) in [4.78, 5) is 5.19. The van der Waals surface area contributed by atoms with Gasteiger partial charge in [-0.3, -0.25) is 4.90 Å². The smallest absolute Gasteiger partial charge is 0.123 e. The molecule has 1 atom stereocenters. The van der Waals surface area contributed by atoms with Gasteiger partial charge in [-0.1, -0.05) is 28.1 Å². The van der Waals surface area contributed by atoms with Crippen LogP contribution >= 0.6 is 15.9 Å². The van der Waals surface area contributed by atoms with Crippen LogP contribution in [0.3, 0.4) is 0 Å². The Balaban J connectivity index is 1.49. The first kappa shape index (κ1) is 17.0. The van der Waals surface area contributed by atoms with Gasteiger partial charge in [0.15, 0.2) is 0 Å². The second-order valence-corrected chi connectivity index (χ2v) is 7.60. The third-order valence-electron chi connectivity index (χ3n) is 5.00. The van der Waals surface area contributed by atoms with E-state index in [9.17, 15) is 0 Å². The van der Waals surface area contributed by atoms with Gasteiger partial charge < -0.3 is 9.64 Å². The fourth-order valence-electron chi connectivity index (χ4n) is 3.63. The number of methoxy groups -OCH3 is 1. The van der Waals surface area contributed by atoms with Gasteiger partial charge >= 0.3 is 0 Å². The van der Waals surface area contributed by atoms with E-state index in [1.807, 2.05) is 12.1 Å². The van der Waals surface area contributed by atoms with Crippen molar-refractivity contribution < 1.29 is 4.74 Å². The number of piperazine rings is 1. The van der Waals surface area contributed by atoms with Crippen LogP contribution in [0.4, 0.5) is 0 Å². The van der Waals surface area contributed by atoms with E-state index in [4.69, 9.17) is 4.74 Å². The lowest BCUT2D eigenvalue weighted by Crippen LogP contribution is -2.47. The van der Waals surface area contributed by atoms with E-state index in [1.165, 1.54) is 44.5 Å². The highest BCUT2D eigenvalue weighted by molar-refractivity contribution is 9.10. The second-order valence-electron chi connectivity index (χ2n) is 6.68. The van der Waals surface area contributed by atoms with Gasteiger partial charge in [-0.05, 0) is 43.4 Å². The average Bonchev–Trinajstić information content (AvgIpc) is 2.58. The van der Waals surface area contributed by atoms with Crippen molar-refractivity contribution in [1.82, 2.24) is 9.80 Å². The van der Waals surface area contributed by atoms with Crippen molar-refractivity contribution in [2.75, 3.05) is 39.8 Å². The molecular weight excluding hydrogens is 352 g/mol. The molecule has 1 aliphatic heterocycles. The summed E-state index contributed by atoms with van der Waals surface area (Å²) in [5.41, 5.74) is 1.27. The van der Waals surface area contributed by atoms with E-state index in [-0.39, 0.29) is 0 Å². The van der Waals surface area contributed by atoms with Crippen LogP contribution < -0.4 is 4.74 Å². The van der Waals surface area contributed by atoms with Crippen LogP contribution in [0.5, 0.6) is 5.75 Å². The molecule has 0 saturated carbocycles. The van der Waals surface area contributed by atoms with E-state index < -0.39 is 0 Å². The van der Waals surface area contributed by atoms with Crippen LogP contribution in [0, 0.1) is 5.92 Å². The molecule has 126 valence electrons. The monoisotopic (exact) mass is 378 g/mol. The fraction of sp³-hybridized carbons (Fsp3) is 0.579. The molecule has 3 nitrogen and oxygen atoms in total. The van der Waals surface area contributed by atoms with Gasteiger partial charge in [0, 0.05) is 49.3 Å². The highest BCUT2D eigenvalue weighted by Crippen LogP contribution is 2.25. The van der Waals surface area contributed by atoms with Crippen molar-refractivity contribution >= 4 is 15.9 Å². The van der Waals surface area contributed by atoms with Crippen molar-refractivity contribution in [3.05, 3.63) is 40.4 Å². The van der Waals surface area contributed by atoms with Crippen molar-refractivity contribution in [2.24, 2.45) is 5.92 Å². The summed E-state index contributed by atoms with van der Waals surface area (Å²) < 4.78 is 6.62. The summed E-state index contributed by atoms with van der Waals surface area (Å²) in [5, 5.41) is 0. The molecule has 1 aromatic carbocycles. The van der Waals surface area contributed by atoms with E-state index >= 15 is 0 Å². The molecule has 1 saturated heterocycles. The summed E-state index contributed by atoms with van der Waals surface area (Å²) in [7, 11) is 1.75. The fourth-order valence-corrected chi connectivity index (χ4v) is 4.04. The summed E-state index contributed by atoms with van der Waals surface area (Å²) in [6.45, 7) is 6.94. The summed E-state index contributed by atoms with van der Waals surface area (Å²) in [5.74, 6) is 1.86. The Morgan fingerprint density at radius 2 is 1.91 bits per heavy atom. The van der Waals surface area contributed by atoms with Gasteiger partial charge in [-0.2, -0.15) is 0 Å². The minimum Gasteiger partial charge on any atom is -0.496 e. The van der Waals surface area contributed by atoms with Gasteiger partial charge in [0.25, 0.3) is 0 Å². The molecular formula is C19H27BrN2O. The molecule has 0 N–H and O–H groups in total. The number of benzene rings is 1. The maximum atomic E-state index is 5.50. The van der Waals surface area contributed by atoms with Gasteiger partial charge in [0.2, 0.25) is 0 Å². The lowest BCUT2D eigenvalue weighted by molar-refractivity contribution is 0.110. The summed E-state index contributed by atoms with van der Waals surface area (Å²) in [6, 6.07) is 6.27. The molecule has 0 aromatic heterocycles. The van der Waals surface area contributed by atoms with Gasteiger partial charge in [-0.25, -0.2) is 0 Å². The second kappa shape index (κ2) is 8.32. The molecule has 0 radical (unpaired) electrons. The number of ether oxygens (including phenoxy) is 1. The number of hydrogen-bond donors (Lipinski definition) is 0. The van der Waals surface area contributed by atoms with Crippen LogP contribution in [0.2, 0.25) is 0 Å². The van der Waals surface area contributed by atoms with Gasteiger partial charge in [-0.15, -0.1) is 0 Å². The minimum absolute atomic E-state index is 0.872. The maximum Gasteiger partial charge on any atom is 0.123 e. The van der Waals surface area contributed by atoms with E-state index in [2.05, 4.69) is 43.9 Å². The Hall–Kier alpha value is -0.840. The standard InChI is InChI=1S/C19H27BrN2O/c1-23-19-8-7-18(20)13-17(19)15-22-11-9-21(10-12-22)14-16-5-3-2-4-6-16/h2-3,7-8,13,16H,4-6,9-12,14-15H2,1H3. The maximum absolute atomic E-state index is 5.50. The third-order valence-corrected chi connectivity index (χ3v) is 5.49. The topological polar surface area (TPSA) is 15.7 Å². The molecule has 4 heteroatoms. The minimum atomic E-state index is 0.872. The Morgan fingerprint density at radius 1 is 1.13 bits per heavy atom. The summed E-state index contributed by atoms with van der Waals surface area (Å²) in [6.07, 6.45) is 8.61. The SMILES string of the molecule is COc1ccc(Br)cc1CN1CCN(CC2CC=CCC2)CC1. The third kappa shape index (κ3) is 4.82. The number of hydrogen-bond acceptors (Lipinski definition) is 3. The molecule has 0 spiro atoms. The molecule has 0 amide bonds. The van der Waals surface area contributed by atoms with Crippen LogP contribution in [-0.2, 0) is 6.54 Å².